The fraction of sp³-hybridized carbons (Fsp3) is 0.400. The predicted octanol–water partition coefficient (Wildman–Crippen LogP) is 6.29. The average Bonchev–Trinajstić information content (AvgIpc) is 2.77. The molecule has 1 aromatic rings. The third kappa shape index (κ3) is 3.34. The van der Waals surface area contributed by atoms with Crippen molar-refractivity contribution < 1.29 is 4.74 Å². The van der Waals surface area contributed by atoms with Gasteiger partial charge in [-0.15, -0.1) is 17.0 Å². The third-order valence-corrected chi connectivity index (χ3v) is 4.89. The molecule has 6 heteroatoms. The van der Waals surface area contributed by atoms with E-state index in [9.17, 15) is 0 Å². The first kappa shape index (κ1) is 17.3. The minimum Gasteiger partial charge on any atom is -0.440 e. The number of halogens is 4. The van der Waals surface area contributed by atoms with Crippen LogP contribution in [0.3, 0.4) is 0 Å². The van der Waals surface area contributed by atoms with Gasteiger partial charge in [-0.1, -0.05) is 58.4 Å². The lowest BCUT2D eigenvalue weighted by Gasteiger charge is -2.29. The predicted molar refractivity (Wildman–Crippen MR) is 97.2 cm³/mol. The maximum Gasteiger partial charge on any atom is 0.224 e. The van der Waals surface area contributed by atoms with Gasteiger partial charge in [-0.3, -0.25) is 0 Å². The Morgan fingerprint density at radius 2 is 1.90 bits per heavy atom. The van der Waals surface area contributed by atoms with Crippen LogP contribution in [0.5, 0.6) is 0 Å². The topological polar surface area (TPSA) is 21.6 Å². The van der Waals surface area contributed by atoms with E-state index in [1.807, 2.05) is 11.1 Å². The quantitative estimate of drug-likeness (QED) is 0.487. The summed E-state index contributed by atoms with van der Waals surface area (Å²) in [4.78, 5) is 6.71. The molecule has 2 aliphatic rings. The largest absolute Gasteiger partial charge is 0.440 e. The fourth-order valence-electron chi connectivity index (χ4n) is 2.87. The molecule has 2 nitrogen and oxygen atoms in total. The van der Waals surface area contributed by atoms with Crippen LogP contribution in [-0.2, 0) is 4.74 Å². The first-order chi connectivity index (χ1) is 9.64. The second-order valence-electron chi connectivity index (χ2n) is 5.21. The van der Waals surface area contributed by atoms with Gasteiger partial charge in [0, 0.05) is 10.0 Å². The average molecular weight is 456 g/mol. The second-order valence-corrected chi connectivity index (χ2v) is 6.51. The Labute approximate surface area is 153 Å². The summed E-state index contributed by atoms with van der Waals surface area (Å²) in [6.07, 6.45) is 5.68. The maximum atomic E-state index is 6.25. The number of nitrogens with zero attached hydrogens (tertiary/aromatic N) is 1. The Kier molecular flexibility index (Phi) is 5.80. The van der Waals surface area contributed by atoms with Crippen LogP contribution in [-0.4, -0.2) is 11.4 Å². The van der Waals surface area contributed by atoms with Crippen molar-refractivity contribution in [2.75, 3.05) is 0 Å². The Morgan fingerprint density at radius 1 is 1.19 bits per heavy atom. The molecule has 21 heavy (non-hydrogen) atoms. The molecular formula is C15H15Br2Cl2NO. The van der Waals surface area contributed by atoms with Gasteiger partial charge in [0.15, 0.2) is 0 Å². The summed E-state index contributed by atoms with van der Waals surface area (Å²) in [6.45, 7) is 0. The maximum absolute atomic E-state index is 6.25. The van der Waals surface area contributed by atoms with E-state index >= 15 is 0 Å². The highest BCUT2D eigenvalue weighted by Gasteiger charge is 2.43. The molecule has 1 aliphatic heterocycles. The summed E-state index contributed by atoms with van der Waals surface area (Å²) in [6, 6.07) is 5.38. The van der Waals surface area contributed by atoms with Crippen LogP contribution in [0.1, 0.15) is 37.7 Å². The number of benzene rings is 1. The van der Waals surface area contributed by atoms with Gasteiger partial charge in [0.1, 0.15) is 11.3 Å². The van der Waals surface area contributed by atoms with E-state index in [1.54, 1.807) is 12.1 Å². The normalized spacial score (nSPS) is 21.9. The van der Waals surface area contributed by atoms with Crippen LogP contribution in [0, 0.1) is 0 Å². The third-order valence-electron chi connectivity index (χ3n) is 3.92. The lowest BCUT2D eigenvalue weighted by atomic mass is 9.81. The van der Waals surface area contributed by atoms with E-state index in [1.165, 1.54) is 19.3 Å². The summed E-state index contributed by atoms with van der Waals surface area (Å²) in [5, 5.41) is 1.18. The Hall–Kier alpha value is -0.0300. The minimum atomic E-state index is -0.208. The molecule has 1 aliphatic carbocycles. The van der Waals surface area contributed by atoms with Crippen LogP contribution < -0.4 is 0 Å². The van der Waals surface area contributed by atoms with Crippen molar-refractivity contribution in [3.63, 3.8) is 0 Å². The number of aliphatic imine (C=N–C) groups is 1. The van der Waals surface area contributed by atoms with Gasteiger partial charge in [0.05, 0.1) is 10.6 Å². The molecule has 3 rings (SSSR count). The number of hydrogen-bond acceptors (Lipinski definition) is 2. The van der Waals surface area contributed by atoms with Gasteiger partial charge < -0.3 is 4.74 Å². The smallest absolute Gasteiger partial charge is 0.224 e. The van der Waals surface area contributed by atoms with Crippen molar-refractivity contribution in [2.45, 2.75) is 37.6 Å². The zero-order valence-corrected chi connectivity index (χ0v) is 16.1. The zero-order valence-electron chi connectivity index (χ0n) is 11.2. The van der Waals surface area contributed by atoms with Gasteiger partial charge in [0.2, 0.25) is 5.90 Å². The summed E-state index contributed by atoms with van der Waals surface area (Å²) < 4.78 is 5.95. The molecule has 0 N–H and O–H groups in total. The molecule has 0 radical (unpaired) electrons. The van der Waals surface area contributed by atoms with Crippen LogP contribution in [0.4, 0.5) is 0 Å². The van der Waals surface area contributed by atoms with Crippen LogP contribution in [0.15, 0.2) is 33.9 Å². The molecule has 1 aromatic carbocycles. The van der Waals surface area contributed by atoms with Crippen LogP contribution in [0.25, 0.3) is 0 Å². The van der Waals surface area contributed by atoms with Crippen molar-refractivity contribution in [2.24, 2.45) is 4.99 Å². The first-order valence-electron chi connectivity index (χ1n) is 6.69. The number of hydrogen-bond donors (Lipinski definition) is 0. The van der Waals surface area contributed by atoms with Crippen molar-refractivity contribution in [1.82, 2.24) is 0 Å². The lowest BCUT2D eigenvalue weighted by molar-refractivity contribution is 0.285. The number of rotatable bonds is 1. The monoisotopic (exact) mass is 453 g/mol. The van der Waals surface area contributed by atoms with Gasteiger partial charge in [-0.25, -0.2) is 4.99 Å². The van der Waals surface area contributed by atoms with Crippen molar-refractivity contribution in [1.29, 1.82) is 0 Å². The van der Waals surface area contributed by atoms with Gasteiger partial charge in [0.25, 0.3) is 0 Å². The number of ether oxygens (including phenoxy) is 1. The zero-order chi connectivity index (χ0) is 14.2. The van der Waals surface area contributed by atoms with Gasteiger partial charge in [-0.2, -0.15) is 0 Å². The molecule has 0 atom stereocenters. The summed E-state index contributed by atoms with van der Waals surface area (Å²) in [5.74, 6) is 1.48. The summed E-state index contributed by atoms with van der Waals surface area (Å²) in [7, 11) is 0. The fourth-order valence-corrected chi connectivity index (χ4v) is 3.88. The summed E-state index contributed by atoms with van der Waals surface area (Å²) >= 11 is 15.6. The molecule has 0 aromatic heterocycles. The van der Waals surface area contributed by atoms with E-state index in [-0.39, 0.29) is 22.5 Å². The SMILES string of the molecule is Br.Clc1ccc(C2=NC3(CCCCC3)/C(=C/Br)O2)c(Cl)c1. The van der Waals surface area contributed by atoms with E-state index < -0.39 is 0 Å². The molecule has 1 fully saturated rings. The Bertz CT molecular complexity index is 595. The lowest BCUT2D eigenvalue weighted by Crippen LogP contribution is -2.29. The van der Waals surface area contributed by atoms with Crippen molar-refractivity contribution in [3.8, 4) is 0 Å². The molecule has 0 bridgehead atoms. The molecule has 1 heterocycles. The van der Waals surface area contributed by atoms with E-state index in [2.05, 4.69) is 15.9 Å². The molecule has 114 valence electrons. The first-order valence-corrected chi connectivity index (χ1v) is 8.36. The Morgan fingerprint density at radius 3 is 2.52 bits per heavy atom. The molecule has 0 amide bonds. The van der Waals surface area contributed by atoms with Gasteiger partial charge in [-0.05, 0) is 31.0 Å². The summed E-state index contributed by atoms with van der Waals surface area (Å²) in [5.41, 5.74) is 0.588. The van der Waals surface area contributed by atoms with Crippen LogP contribution in [0.2, 0.25) is 10.0 Å². The van der Waals surface area contributed by atoms with Crippen molar-refractivity contribution >= 4 is 62.0 Å². The molecular weight excluding hydrogens is 441 g/mol. The van der Waals surface area contributed by atoms with E-state index in [0.717, 1.165) is 24.2 Å². The molecule has 1 spiro atoms. The molecule has 0 unspecified atom stereocenters. The highest BCUT2D eigenvalue weighted by Crippen LogP contribution is 2.44. The highest BCUT2D eigenvalue weighted by molar-refractivity contribution is 9.11. The minimum absolute atomic E-state index is 0. The van der Waals surface area contributed by atoms with Crippen molar-refractivity contribution in [3.05, 3.63) is 44.6 Å². The van der Waals surface area contributed by atoms with E-state index in [0.29, 0.717) is 15.9 Å². The molecule has 1 saturated carbocycles. The highest BCUT2D eigenvalue weighted by atomic mass is 79.9. The molecule has 0 saturated heterocycles. The van der Waals surface area contributed by atoms with Gasteiger partial charge >= 0.3 is 0 Å². The second kappa shape index (κ2) is 7.03. The standard InChI is InChI=1S/C15H14BrCl2NO.BrH/c16-9-13-15(6-2-1-3-7-15)19-14(20-13)11-5-4-10(17)8-12(11)18;/h4-5,8-9H,1-3,6-7H2;1H/b13-9-;. The van der Waals surface area contributed by atoms with Crippen LogP contribution >= 0.6 is 56.1 Å². The van der Waals surface area contributed by atoms with E-state index in [4.69, 9.17) is 32.9 Å². The Balaban J connectivity index is 0.00000161.